The van der Waals surface area contributed by atoms with Gasteiger partial charge in [-0.15, -0.1) is 5.10 Å². The molecule has 0 aliphatic heterocycles. The second-order valence-electron chi connectivity index (χ2n) is 6.37. The van der Waals surface area contributed by atoms with Crippen LogP contribution in [-0.4, -0.2) is 40.5 Å². The van der Waals surface area contributed by atoms with Crippen LogP contribution in [0.5, 0.6) is 6.01 Å². The lowest BCUT2D eigenvalue weighted by Gasteiger charge is -2.09. The monoisotopic (exact) mass is 419 g/mol. The Hall–Kier alpha value is -3.20. The van der Waals surface area contributed by atoms with Gasteiger partial charge < -0.3 is 9.47 Å². The number of nitrogens with zero attached hydrogens (tertiary/aromatic N) is 3. The zero-order chi connectivity index (χ0) is 21.7. The molecule has 158 valence electrons. The Labute approximate surface area is 171 Å². The van der Waals surface area contributed by atoms with Gasteiger partial charge in [-0.1, -0.05) is 30.3 Å². The molecule has 0 spiro atoms. The Morgan fingerprint density at radius 3 is 2.57 bits per heavy atom. The van der Waals surface area contributed by atoms with Gasteiger partial charge in [-0.3, -0.25) is 4.79 Å². The highest BCUT2D eigenvalue weighted by atomic mass is 19.4. The van der Waals surface area contributed by atoms with Gasteiger partial charge in [0.1, 0.15) is 6.61 Å². The molecule has 1 heterocycles. The van der Waals surface area contributed by atoms with E-state index in [1.165, 1.54) is 12.1 Å². The van der Waals surface area contributed by atoms with E-state index in [2.05, 4.69) is 10.1 Å². The SMILES string of the molecule is CCOCCOc1nc(-c2ccccc2C)n(C(=O)c2cccc(C(F)(F)F)c2)n1. The Morgan fingerprint density at radius 1 is 1.10 bits per heavy atom. The first-order valence-electron chi connectivity index (χ1n) is 9.27. The second-order valence-corrected chi connectivity index (χ2v) is 6.37. The van der Waals surface area contributed by atoms with Gasteiger partial charge in [-0.25, -0.2) is 0 Å². The van der Waals surface area contributed by atoms with E-state index in [9.17, 15) is 18.0 Å². The molecule has 3 aromatic rings. The maximum Gasteiger partial charge on any atom is 0.416 e. The van der Waals surface area contributed by atoms with Crippen LogP contribution in [0.4, 0.5) is 13.2 Å². The van der Waals surface area contributed by atoms with Crippen LogP contribution in [0.1, 0.15) is 28.4 Å². The molecule has 0 bridgehead atoms. The number of aryl methyl sites for hydroxylation is 1. The number of aromatic nitrogens is 3. The van der Waals surface area contributed by atoms with Crippen molar-refractivity contribution >= 4 is 5.91 Å². The molecule has 0 saturated carbocycles. The summed E-state index contributed by atoms with van der Waals surface area (Å²) >= 11 is 0. The van der Waals surface area contributed by atoms with Crippen LogP contribution >= 0.6 is 0 Å². The molecular formula is C21H20F3N3O3. The van der Waals surface area contributed by atoms with Gasteiger partial charge in [0.2, 0.25) is 0 Å². The minimum absolute atomic E-state index is 0.0618. The lowest BCUT2D eigenvalue weighted by molar-refractivity contribution is -0.137. The number of hydrogen-bond acceptors (Lipinski definition) is 5. The number of hydrogen-bond donors (Lipinski definition) is 0. The van der Waals surface area contributed by atoms with Crippen molar-refractivity contribution in [2.45, 2.75) is 20.0 Å². The maximum absolute atomic E-state index is 13.1. The third-order valence-electron chi connectivity index (χ3n) is 4.27. The summed E-state index contributed by atoms with van der Waals surface area (Å²) in [5, 5.41) is 4.09. The largest absolute Gasteiger partial charge is 0.460 e. The summed E-state index contributed by atoms with van der Waals surface area (Å²) in [6, 6.07) is 11.3. The van der Waals surface area contributed by atoms with Crippen molar-refractivity contribution in [3.63, 3.8) is 0 Å². The molecule has 0 unspecified atom stereocenters. The summed E-state index contributed by atoms with van der Waals surface area (Å²) in [5.41, 5.74) is 0.360. The molecule has 9 heteroatoms. The van der Waals surface area contributed by atoms with Crippen molar-refractivity contribution in [3.8, 4) is 17.4 Å². The van der Waals surface area contributed by atoms with Gasteiger partial charge in [0.15, 0.2) is 5.82 Å². The van der Waals surface area contributed by atoms with Crippen molar-refractivity contribution in [3.05, 3.63) is 65.2 Å². The molecule has 1 aromatic heterocycles. The molecule has 30 heavy (non-hydrogen) atoms. The number of carbonyl (C=O) groups is 1. The van der Waals surface area contributed by atoms with Crippen molar-refractivity contribution < 1.29 is 27.4 Å². The molecule has 3 rings (SSSR count). The summed E-state index contributed by atoms with van der Waals surface area (Å²) in [4.78, 5) is 17.3. The second kappa shape index (κ2) is 9.08. The lowest BCUT2D eigenvalue weighted by atomic mass is 10.1. The molecule has 0 saturated heterocycles. The number of carbonyl (C=O) groups excluding carboxylic acids is 1. The van der Waals surface area contributed by atoms with Gasteiger partial charge in [0.25, 0.3) is 5.91 Å². The van der Waals surface area contributed by atoms with Gasteiger partial charge in [-0.05, 0) is 37.6 Å². The zero-order valence-electron chi connectivity index (χ0n) is 16.4. The minimum Gasteiger partial charge on any atom is -0.460 e. The molecule has 0 aliphatic rings. The van der Waals surface area contributed by atoms with Crippen LogP contribution in [0.25, 0.3) is 11.4 Å². The molecule has 0 amide bonds. The Balaban J connectivity index is 2.01. The predicted molar refractivity (Wildman–Crippen MR) is 103 cm³/mol. The molecule has 2 aromatic carbocycles. The van der Waals surface area contributed by atoms with Crippen LogP contribution in [-0.2, 0) is 10.9 Å². The fraction of sp³-hybridized carbons (Fsp3) is 0.286. The fourth-order valence-corrected chi connectivity index (χ4v) is 2.78. The summed E-state index contributed by atoms with van der Waals surface area (Å²) in [6.45, 7) is 4.68. The summed E-state index contributed by atoms with van der Waals surface area (Å²) in [7, 11) is 0. The minimum atomic E-state index is -4.56. The van der Waals surface area contributed by atoms with Crippen molar-refractivity contribution in [2.75, 3.05) is 19.8 Å². The topological polar surface area (TPSA) is 66.2 Å². The molecule has 0 N–H and O–H groups in total. The van der Waals surface area contributed by atoms with E-state index in [4.69, 9.17) is 9.47 Å². The predicted octanol–water partition coefficient (Wildman–Crippen LogP) is 4.38. The van der Waals surface area contributed by atoms with Gasteiger partial charge in [-0.2, -0.15) is 22.8 Å². The summed E-state index contributed by atoms with van der Waals surface area (Å²) in [5.74, 6) is -0.562. The first-order chi connectivity index (χ1) is 14.3. The number of halogens is 3. The zero-order valence-corrected chi connectivity index (χ0v) is 16.4. The first kappa shape index (κ1) is 21.5. The molecule has 6 nitrogen and oxygen atoms in total. The van der Waals surface area contributed by atoms with E-state index in [1.54, 1.807) is 12.1 Å². The van der Waals surface area contributed by atoms with Gasteiger partial charge in [0.05, 0.1) is 12.2 Å². The maximum atomic E-state index is 13.1. The lowest BCUT2D eigenvalue weighted by Crippen LogP contribution is -2.17. The van der Waals surface area contributed by atoms with E-state index in [0.717, 1.165) is 22.4 Å². The smallest absolute Gasteiger partial charge is 0.416 e. The van der Waals surface area contributed by atoms with Crippen molar-refractivity contribution in [1.29, 1.82) is 0 Å². The van der Waals surface area contributed by atoms with Gasteiger partial charge in [0, 0.05) is 17.7 Å². The van der Waals surface area contributed by atoms with E-state index in [0.29, 0.717) is 18.8 Å². The van der Waals surface area contributed by atoms with E-state index < -0.39 is 17.6 Å². The molecule has 0 fully saturated rings. The van der Waals surface area contributed by atoms with Crippen LogP contribution < -0.4 is 4.74 Å². The highest BCUT2D eigenvalue weighted by molar-refractivity contribution is 5.97. The average Bonchev–Trinajstić information content (AvgIpc) is 3.14. The van der Waals surface area contributed by atoms with Crippen LogP contribution in [0, 0.1) is 6.92 Å². The standard InChI is InChI=1S/C21H20F3N3O3/c1-3-29-11-12-30-20-25-18(17-10-5-4-7-14(17)2)27(26-20)19(28)15-8-6-9-16(13-15)21(22,23)24/h4-10,13H,3,11-12H2,1-2H3. The Bertz CT molecular complexity index is 1030. The number of ether oxygens (including phenoxy) is 2. The normalized spacial score (nSPS) is 11.5. The quantitative estimate of drug-likeness (QED) is 0.532. The fourth-order valence-electron chi connectivity index (χ4n) is 2.78. The third-order valence-corrected chi connectivity index (χ3v) is 4.27. The highest BCUT2D eigenvalue weighted by Crippen LogP contribution is 2.30. The third kappa shape index (κ3) is 4.85. The molecule has 0 atom stereocenters. The number of rotatable bonds is 7. The van der Waals surface area contributed by atoms with Crippen LogP contribution in [0.3, 0.4) is 0 Å². The Morgan fingerprint density at radius 2 is 1.87 bits per heavy atom. The van der Waals surface area contributed by atoms with Crippen molar-refractivity contribution in [1.82, 2.24) is 14.8 Å². The average molecular weight is 419 g/mol. The van der Waals surface area contributed by atoms with E-state index >= 15 is 0 Å². The van der Waals surface area contributed by atoms with E-state index in [1.807, 2.05) is 26.0 Å². The number of benzene rings is 2. The molecule has 0 radical (unpaired) electrons. The van der Waals surface area contributed by atoms with Crippen LogP contribution in [0.15, 0.2) is 48.5 Å². The Kier molecular flexibility index (Phi) is 6.51. The van der Waals surface area contributed by atoms with E-state index in [-0.39, 0.29) is 24.0 Å². The highest BCUT2D eigenvalue weighted by Gasteiger charge is 2.31. The molecular weight excluding hydrogens is 399 g/mol. The van der Waals surface area contributed by atoms with Crippen molar-refractivity contribution in [2.24, 2.45) is 0 Å². The van der Waals surface area contributed by atoms with Gasteiger partial charge >= 0.3 is 12.2 Å². The summed E-state index contributed by atoms with van der Waals surface area (Å²) in [6.07, 6.45) is -4.56. The van der Waals surface area contributed by atoms with Crippen LogP contribution in [0.2, 0.25) is 0 Å². The summed E-state index contributed by atoms with van der Waals surface area (Å²) < 4.78 is 50.8. The number of alkyl halides is 3. The molecule has 0 aliphatic carbocycles. The first-order valence-corrected chi connectivity index (χ1v) is 9.27.